The molecule has 7 heteroatoms. The van der Waals surface area contributed by atoms with Crippen LogP contribution in [0, 0.1) is 0 Å². The summed E-state index contributed by atoms with van der Waals surface area (Å²) in [5.41, 5.74) is 1.78. The molecule has 3 aromatic rings. The Bertz CT molecular complexity index is 1000. The largest absolute Gasteiger partial charge is 0.477 e. The number of fused-ring (bicyclic) bond motifs is 2. The average molecular weight is 426 g/mol. The second-order valence-electron chi connectivity index (χ2n) is 6.20. The van der Waals surface area contributed by atoms with Gasteiger partial charge in [-0.3, -0.25) is 14.5 Å². The van der Waals surface area contributed by atoms with Crippen LogP contribution in [-0.2, 0) is 0 Å². The van der Waals surface area contributed by atoms with Crippen molar-refractivity contribution in [2.45, 2.75) is 12.8 Å². The van der Waals surface area contributed by atoms with E-state index in [2.05, 4.69) is 25.9 Å². The van der Waals surface area contributed by atoms with Crippen molar-refractivity contribution in [1.82, 2.24) is 14.9 Å². The third-order valence-electron chi connectivity index (χ3n) is 4.45. The molecule has 0 radical (unpaired) electrons. The smallest absolute Gasteiger partial charge is 0.261 e. The number of rotatable bonds is 6. The SMILES string of the molecule is O=C1c2ccccc2C(=O)N1CCCCOc1ncnc2ccc(Br)cc12. The van der Waals surface area contributed by atoms with Crippen molar-refractivity contribution >= 4 is 38.6 Å². The number of hydrogen-bond donors (Lipinski definition) is 0. The van der Waals surface area contributed by atoms with Gasteiger partial charge in [-0.15, -0.1) is 0 Å². The van der Waals surface area contributed by atoms with Crippen LogP contribution in [0.15, 0.2) is 53.3 Å². The first-order valence-corrected chi connectivity index (χ1v) is 9.43. The number of amides is 2. The first-order valence-electron chi connectivity index (χ1n) is 8.63. The van der Waals surface area contributed by atoms with Crippen molar-refractivity contribution < 1.29 is 14.3 Å². The molecule has 1 aliphatic heterocycles. The molecule has 2 aromatic carbocycles. The molecule has 0 N–H and O–H groups in total. The molecule has 4 rings (SSSR count). The molecule has 0 bridgehead atoms. The lowest BCUT2D eigenvalue weighted by atomic mass is 10.1. The molecular weight excluding hydrogens is 410 g/mol. The number of benzene rings is 2. The summed E-state index contributed by atoms with van der Waals surface area (Å²) >= 11 is 3.44. The Labute approximate surface area is 164 Å². The predicted molar refractivity (Wildman–Crippen MR) is 104 cm³/mol. The number of carbonyl (C=O) groups excluding carboxylic acids is 2. The zero-order valence-electron chi connectivity index (χ0n) is 14.4. The van der Waals surface area contributed by atoms with Crippen molar-refractivity contribution in [2.75, 3.05) is 13.2 Å². The zero-order chi connectivity index (χ0) is 18.8. The van der Waals surface area contributed by atoms with Crippen LogP contribution in [-0.4, -0.2) is 39.8 Å². The van der Waals surface area contributed by atoms with E-state index >= 15 is 0 Å². The minimum absolute atomic E-state index is 0.219. The molecule has 2 amide bonds. The summed E-state index contributed by atoms with van der Waals surface area (Å²) in [5.74, 6) is 0.0911. The van der Waals surface area contributed by atoms with Gasteiger partial charge < -0.3 is 4.74 Å². The molecular formula is C20H16BrN3O3. The highest BCUT2D eigenvalue weighted by Crippen LogP contribution is 2.25. The average Bonchev–Trinajstić information content (AvgIpc) is 2.93. The lowest BCUT2D eigenvalue weighted by molar-refractivity contribution is 0.0649. The number of carbonyl (C=O) groups is 2. The van der Waals surface area contributed by atoms with Gasteiger partial charge in [0.15, 0.2) is 0 Å². The second kappa shape index (κ2) is 7.44. The Morgan fingerprint density at radius 1 is 0.963 bits per heavy atom. The summed E-state index contributed by atoms with van der Waals surface area (Å²) in [7, 11) is 0. The summed E-state index contributed by atoms with van der Waals surface area (Å²) in [6.45, 7) is 0.827. The summed E-state index contributed by atoms with van der Waals surface area (Å²) in [5, 5.41) is 0.840. The van der Waals surface area contributed by atoms with Gasteiger partial charge in [0.25, 0.3) is 11.8 Å². The first kappa shape index (κ1) is 17.6. The van der Waals surface area contributed by atoms with Crippen molar-refractivity contribution in [3.05, 3.63) is 64.4 Å². The Balaban J connectivity index is 1.33. The normalized spacial score (nSPS) is 13.3. The Morgan fingerprint density at radius 3 is 2.44 bits per heavy atom. The van der Waals surface area contributed by atoms with E-state index < -0.39 is 0 Å². The maximum atomic E-state index is 12.3. The van der Waals surface area contributed by atoms with E-state index in [1.54, 1.807) is 24.3 Å². The minimum Gasteiger partial charge on any atom is -0.477 e. The molecule has 2 heterocycles. The monoisotopic (exact) mass is 425 g/mol. The highest BCUT2D eigenvalue weighted by atomic mass is 79.9. The molecule has 0 spiro atoms. The quantitative estimate of drug-likeness (QED) is 0.442. The molecule has 0 saturated heterocycles. The highest BCUT2D eigenvalue weighted by Gasteiger charge is 2.34. The fourth-order valence-electron chi connectivity index (χ4n) is 3.10. The van der Waals surface area contributed by atoms with Crippen LogP contribution < -0.4 is 4.74 Å². The van der Waals surface area contributed by atoms with Crippen LogP contribution in [0.25, 0.3) is 10.9 Å². The van der Waals surface area contributed by atoms with Crippen molar-refractivity contribution in [3.63, 3.8) is 0 Å². The van der Waals surface area contributed by atoms with Crippen LogP contribution in [0.5, 0.6) is 5.88 Å². The number of aromatic nitrogens is 2. The summed E-state index contributed by atoms with van der Waals surface area (Å²) in [6.07, 6.45) is 2.84. The number of nitrogens with zero attached hydrogens (tertiary/aromatic N) is 3. The molecule has 1 aliphatic rings. The van der Waals surface area contributed by atoms with E-state index in [0.717, 1.165) is 15.4 Å². The summed E-state index contributed by atoms with van der Waals surface area (Å²) < 4.78 is 6.72. The van der Waals surface area contributed by atoms with Gasteiger partial charge in [-0.25, -0.2) is 9.97 Å². The maximum absolute atomic E-state index is 12.3. The van der Waals surface area contributed by atoms with Gasteiger partial charge >= 0.3 is 0 Å². The zero-order valence-corrected chi connectivity index (χ0v) is 16.0. The minimum atomic E-state index is -0.219. The third kappa shape index (κ3) is 3.42. The van der Waals surface area contributed by atoms with Crippen molar-refractivity contribution in [2.24, 2.45) is 0 Å². The van der Waals surface area contributed by atoms with E-state index in [-0.39, 0.29) is 11.8 Å². The van der Waals surface area contributed by atoms with E-state index in [1.165, 1.54) is 11.2 Å². The third-order valence-corrected chi connectivity index (χ3v) is 4.95. The van der Waals surface area contributed by atoms with Crippen LogP contribution >= 0.6 is 15.9 Å². The number of halogens is 1. The van der Waals surface area contributed by atoms with Gasteiger partial charge in [0.05, 0.1) is 28.6 Å². The second-order valence-corrected chi connectivity index (χ2v) is 7.12. The molecule has 136 valence electrons. The molecule has 0 atom stereocenters. The number of hydrogen-bond acceptors (Lipinski definition) is 5. The van der Waals surface area contributed by atoms with E-state index in [4.69, 9.17) is 4.74 Å². The van der Waals surface area contributed by atoms with Gasteiger partial charge in [0.2, 0.25) is 5.88 Å². The first-order chi connectivity index (χ1) is 13.1. The van der Waals surface area contributed by atoms with E-state index in [0.29, 0.717) is 43.0 Å². The number of unbranched alkanes of at least 4 members (excludes halogenated alkanes) is 1. The summed E-state index contributed by atoms with van der Waals surface area (Å²) in [4.78, 5) is 34.4. The van der Waals surface area contributed by atoms with Gasteiger partial charge in [-0.1, -0.05) is 28.1 Å². The Kier molecular flexibility index (Phi) is 4.85. The predicted octanol–water partition coefficient (Wildman–Crippen LogP) is 3.85. The van der Waals surface area contributed by atoms with Gasteiger partial charge in [-0.05, 0) is 43.2 Å². The lowest BCUT2D eigenvalue weighted by Crippen LogP contribution is -2.30. The fraction of sp³-hybridized carbons (Fsp3) is 0.200. The standard InChI is InChI=1S/C20H16BrN3O3/c21-13-7-8-17-16(11-13)18(23-12-22-17)27-10-4-3-9-24-19(25)14-5-1-2-6-15(14)20(24)26/h1-2,5-8,11-12H,3-4,9-10H2. The van der Waals surface area contributed by atoms with Crippen LogP contribution in [0.1, 0.15) is 33.6 Å². The van der Waals surface area contributed by atoms with Crippen molar-refractivity contribution in [1.29, 1.82) is 0 Å². The molecule has 27 heavy (non-hydrogen) atoms. The van der Waals surface area contributed by atoms with Gasteiger partial charge in [0, 0.05) is 11.0 Å². The summed E-state index contributed by atoms with van der Waals surface area (Å²) in [6, 6.07) is 12.7. The molecule has 0 aliphatic carbocycles. The Morgan fingerprint density at radius 2 is 1.70 bits per heavy atom. The van der Waals surface area contributed by atoms with Crippen LogP contribution in [0.3, 0.4) is 0 Å². The van der Waals surface area contributed by atoms with E-state index in [1.807, 2.05) is 18.2 Å². The molecule has 6 nitrogen and oxygen atoms in total. The molecule has 0 unspecified atom stereocenters. The van der Waals surface area contributed by atoms with Gasteiger partial charge in [-0.2, -0.15) is 0 Å². The topological polar surface area (TPSA) is 72.4 Å². The van der Waals surface area contributed by atoms with Gasteiger partial charge in [0.1, 0.15) is 6.33 Å². The maximum Gasteiger partial charge on any atom is 0.261 e. The number of ether oxygens (including phenoxy) is 1. The number of imide groups is 1. The highest BCUT2D eigenvalue weighted by molar-refractivity contribution is 9.10. The van der Waals surface area contributed by atoms with E-state index in [9.17, 15) is 9.59 Å². The van der Waals surface area contributed by atoms with Crippen LogP contribution in [0.4, 0.5) is 0 Å². The fourth-order valence-corrected chi connectivity index (χ4v) is 3.46. The Hall–Kier alpha value is -2.80. The lowest BCUT2D eigenvalue weighted by Gasteiger charge is -2.13. The molecule has 0 fully saturated rings. The van der Waals surface area contributed by atoms with Crippen LogP contribution in [0.2, 0.25) is 0 Å². The molecule has 1 aromatic heterocycles. The molecule has 0 saturated carbocycles. The van der Waals surface area contributed by atoms with Crippen molar-refractivity contribution in [3.8, 4) is 5.88 Å².